The minimum atomic E-state index is -0.0400. The number of aromatic nitrogens is 5. The molecule has 24 heavy (non-hydrogen) atoms. The molecule has 0 saturated heterocycles. The Hall–Kier alpha value is -2.70. The van der Waals surface area contributed by atoms with Crippen molar-refractivity contribution >= 4 is 16.8 Å². The van der Waals surface area contributed by atoms with Gasteiger partial charge in [-0.1, -0.05) is 18.2 Å². The smallest absolute Gasteiger partial charge is 0.222 e. The topological polar surface area (TPSA) is 77.6 Å². The predicted molar refractivity (Wildman–Crippen MR) is 89.2 cm³/mol. The zero-order chi connectivity index (χ0) is 16.5. The molecule has 1 amide bonds. The molecule has 0 bridgehead atoms. The molecule has 0 fully saturated rings. The lowest BCUT2D eigenvalue weighted by atomic mass is 10.1. The molecule has 0 aliphatic carbocycles. The number of para-hydroxylation sites is 1. The Bertz CT molecular complexity index is 880. The van der Waals surface area contributed by atoms with Crippen LogP contribution in [0.25, 0.3) is 10.9 Å². The summed E-state index contributed by atoms with van der Waals surface area (Å²) in [5.74, 6) is 1.80. The number of rotatable bonds is 4. The van der Waals surface area contributed by atoms with Crippen LogP contribution in [0.4, 0.5) is 0 Å². The van der Waals surface area contributed by atoms with Gasteiger partial charge in [-0.3, -0.25) is 9.48 Å². The molecule has 1 aliphatic heterocycles. The molecule has 0 radical (unpaired) electrons. The van der Waals surface area contributed by atoms with E-state index in [0.29, 0.717) is 13.0 Å². The summed E-state index contributed by atoms with van der Waals surface area (Å²) in [5, 5.41) is 16.9. The van der Waals surface area contributed by atoms with E-state index in [0.717, 1.165) is 41.9 Å². The Morgan fingerprint density at radius 3 is 3.12 bits per heavy atom. The molecule has 1 aliphatic rings. The highest BCUT2D eigenvalue weighted by Gasteiger charge is 2.25. The average molecular weight is 324 g/mol. The number of nitrogens with one attached hydrogen (secondary N) is 1. The van der Waals surface area contributed by atoms with Crippen molar-refractivity contribution in [2.45, 2.75) is 45.3 Å². The molecule has 0 saturated carbocycles. The van der Waals surface area contributed by atoms with Crippen LogP contribution >= 0.6 is 0 Å². The maximum absolute atomic E-state index is 12.3. The number of fused-ring (bicyclic) bond motifs is 2. The van der Waals surface area contributed by atoms with E-state index in [-0.39, 0.29) is 11.9 Å². The first kappa shape index (κ1) is 14.9. The van der Waals surface area contributed by atoms with Gasteiger partial charge in [0.15, 0.2) is 5.82 Å². The summed E-state index contributed by atoms with van der Waals surface area (Å²) in [4.78, 5) is 12.3. The number of nitrogens with zero attached hydrogens (tertiary/aromatic N) is 5. The molecule has 1 N–H and O–H groups in total. The van der Waals surface area contributed by atoms with E-state index in [1.807, 2.05) is 42.1 Å². The first-order chi connectivity index (χ1) is 11.7. The van der Waals surface area contributed by atoms with Crippen LogP contribution < -0.4 is 5.32 Å². The number of carbonyl (C=O) groups excluding carboxylic acids is 1. The molecule has 7 heteroatoms. The van der Waals surface area contributed by atoms with E-state index in [1.165, 1.54) is 0 Å². The Labute approximate surface area is 139 Å². The first-order valence-electron chi connectivity index (χ1n) is 8.32. The number of carbonyl (C=O) groups is 1. The second kappa shape index (κ2) is 6.07. The van der Waals surface area contributed by atoms with Crippen molar-refractivity contribution in [2.75, 3.05) is 0 Å². The van der Waals surface area contributed by atoms with Crippen molar-refractivity contribution in [3.63, 3.8) is 0 Å². The summed E-state index contributed by atoms with van der Waals surface area (Å²) in [6, 6.07) is 7.98. The minimum Gasteiger partial charge on any atom is -0.346 e. The lowest BCUT2D eigenvalue weighted by molar-refractivity contribution is -0.122. The lowest BCUT2D eigenvalue weighted by Gasteiger charge is -2.24. The maximum atomic E-state index is 12.3. The Balaban J connectivity index is 1.41. The fraction of sp³-hybridized carbons (Fsp3) is 0.412. The average Bonchev–Trinajstić information content (AvgIpc) is 3.18. The molecule has 3 aromatic rings. The van der Waals surface area contributed by atoms with Crippen LogP contribution in [0.2, 0.25) is 0 Å². The lowest BCUT2D eigenvalue weighted by Crippen LogP contribution is -2.33. The van der Waals surface area contributed by atoms with E-state index in [2.05, 4.69) is 25.2 Å². The van der Waals surface area contributed by atoms with Crippen molar-refractivity contribution in [1.29, 1.82) is 0 Å². The second-order valence-corrected chi connectivity index (χ2v) is 6.20. The van der Waals surface area contributed by atoms with Gasteiger partial charge in [0.2, 0.25) is 5.91 Å². The van der Waals surface area contributed by atoms with Crippen LogP contribution in [-0.2, 0) is 17.9 Å². The highest BCUT2D eigenvalue weighted by atomic mass is 16.1. The summed E-state index contributed by atoms with van der Waals surface area (Å²) < 4.78 is 3.97. The van der Waals surface area contributed by atoms with Gasteiger partial charge in [-0.25, -0.2) is 0 Å². The van der Waals surface area contributed by atoms with Crippen molar-refractivity contribution in [3.05, 3.63) is 42.1 Å². The molecule has 1 aromatic carbocycles. The van der Waals surface area contributed by atoms with Crippen LogP contribution in [0.5, 0.6) is 0 Å². The molecule has 3 heterocycles. The number of hydrogen-bond acceptors (Lipinski definition) is 4. The molecule has 0 spiro atoms. The SMILES string of the molecule is Cc1nnc2n1CCCC2NC(=O)CCn1ncc2ccccc21. The van der Waals surface area contributed by atoms with E-state index in [9.17, 15) is 4.79 Å². The maximum Gasteiger partial charge on any atom is 0.222 e. The molecular formula is C17H20N6O. The summed E-state index contributed by atoms with van der Waals surface area (Å²) >= 11 is 0. The number of benzene rings is 1. The van der Waals surface area contributed by atoms with Gasteiger partial charge in [-0.2, -0.15) is 5.10 Å². The number of amides is 1. The fourth-order valence-electron chi connectivity index (χ4n) is 3.33. The van der Waals surface area contributed by atoms with Gasteiger partial charge in [0, 0.05) is 18.4 Å². The quantitative estimate of drug-likeness (QED) is 0.796. The highest BCUT2D eigenvalue weighted by Crippen LogP contribution is 2.24. The molecular weight excluding hydrogens is 304 g/mol. The van der Waals surface area contributed by atoms with Crippen LogP contribution in [0.3, 0.4) is 0 Å². The first-order valence-corrected chi connectivity index (χ1v) is 8.32. The van der Waals surface area contributed by atoms with E-state index in [4.69, 9.17) is 0 Å². The Morgan fingerprint density at radius 2 is 2.21 bits per heavy atom. The summed E-state index contributed by atoms with van der Waals surface area (Å²) in [5.41, 5.74) is 1.05. The van der Waals surface area contributed by atoms with Gasteiger partial charge in [0.05, 0.1) is 24.3 Å². The third-order valence-electron chi connectivity index (χ3n) is 4.59. The fourth-order valence-corrected chi connectivity index (χ4v) is 3.33. The second-order valence-electron chi connectivity index (χ2n) is 6.20. The zero-order valence-electron chi connectivity index (χ0n) is 13.6. The van der Waals surface area contributed by atoms with Crippen LogP contribution in [0, 0.1) is 6.92 Å². The number of hydrogen-bond donors (Lipinski definition) is 1. The van der Waals surface area contributed by atoms with Crippen LogP contribution in [0.15, 0.2) is 30.5 Å². The Kier molecular flexibility index (Phi) is 3.76. The van der Waals surface area contributed by atoms with Crippen molar-refractivity contribution in [2.24, 2.45) is 0 Å². The highest BCUT2D eigenvalue weighted by molar-refractivity contribution is 5.79. The largest absolute Gasteiger partial charge is 0.346 e. The number of aryl methyl sites for hydroxylation is 2. The minimum absolute atomic E-state index is 0.0219. The van der Waals surface area contributed by atoms with Crippen molar-refractivity contribution < 1.29 is 4.79 Å². The zero-order valence-corrected chi connectivity index (χ0v) is 13.6. The standard InChI is InChI=1S/C17H20N6O/c1-12-20-21-17-14(6-4-9-22(12)17)19-16(24)8-10-23-15-7-3-2-5-13(15)11-18-23/h2-3,5,7,11,14H,4,6,8-10H2,1H3,(H,19,24). The molecule has 4 rings (SSSR count). The molecule has 2 aromatic heterocycles. The van der Waals surface area contributed by atoms with E-state index >= 15 is 0 Å². The third-order valence-corrected chi connectivity index (χ3v) is 4.59. The molecule has 1 unspecified atom stereocenters. The van der Waals surface area contributed by atoms with Gasteiger partial charge >= 0.3 is 0 Å². The third kappa shape index (κ3) is 2.66. The van der Waals surface area contributed by atoms with Gasteiger partial charge in [-0.15, -0.1) is 10.2 Å². The molecule has 7 nitrogen and oxygen atoms in total. The van der Waals surface area contributed by atoms with E-state index in [1.54, 1.807) is 0 Å². The van der Waals surface area contributed by atoms with Gasteiger partial charge < -0.3 is 9.88 Å². The van der Waals surface area contributed by atoms with Gasteiger partial charge in [0.1, 0.15) is 5.82 Å². The van der Waals surface area contributed by atoms with Gasteiger partial charge in [-0.05, 0) is 25.8 Å². The van der Waals surface area contributed by atoms with Gasteiger partial charge in [0.25, 0.3) is 0 Å². The monoisotopic (exact) mass is 324 g/mol. The normalized spacial score (nSPS) is 17.0. The van der Waals surface area contributed by atoms with Crippen molar-refractivity contribution in [1.82, 2.24) is 29.9 Å². The predicted octanol–water partition coefficient (Wildman–Crippen LogP) is 1.98. The molecule has 1 atom stereocenters. The summed E-state index contributed by atoms with van der Waals surface area (Å²) in [7, 11) is 0. The summed E-state index contributed by atoms with van der Waals surface area (Å²) in [6.07, 6.45) is 4.17. The Morgan fingerprint density at radius 1 is 1.33 bits per heavy atom. The van der Waals surface area contributed by atoms with Crippen LogP contribution in [-0.4, -0.2) is 30.5 Å². The molecule has 124 valence electrons. The van der Waals surface area contributed by atoms with E-state index < -0.39 is 0 Å². The summed E-state index contributed by atoms with van der Waals surface area (Å²) in [6.45, 7) is 3.45. The van der Waals surface area contributed by atoms with Crippen molar-refractivity contribution in [3.8, 4) is 0 Å². The van der Waals surface area contributed by atoms with Crippen LogP contribution in [0.1, 0.15) is 37.0 Å².